The van der Waals surface area contributed by atoms with Crippen LogP contribution in [-0.4, -0.2) is 37.6 Å². The van der Waals surface area contributed by atoms with Gasteiger partial charge in [0, 0.05) is 42.5 Å². The molecule has 1 aliphatic heterocycles. The molecule has 4 heterocycles. The molecule has 110 valence electrons. The van der Waals surface area contributed by atoms with Gasteiger partial charge in [0.2, 0.25) is 0 Å². The van der Waals surface area contributed by atoms with Crippen LogP contribution in [0.4, 0.5) is 0 Å². The number of nitrogens with one attached hydrogen (secondary N) is 1. The van der Waals surface area contributed by atoms with Crippen LogP contribution in [0.2, 0.25) is 0 Å². The normalized spacial score (nSPS) is 20.3. The van der Waals surface area contributed by atoms with Gasteiger partial charge in [0.25, 0.3) is 0 Å². The molecule has 4 rings (SSSR count). The van der Waals surface area contributed by atoms with Crippen LogP contribution in [-0.2, 0) is 6.54 Å². The predicted octanol–water partition coefficient (Wildman–Crippen LogP) is 2.81. The molecule has 0 amide bonds. The van der Waals surface area contributed by atoms with E-state index in [0.29, 0.717) is 5.92 Å². The second-order valence-electron chi connectivity index (χ2n) is 5.79. The van der Waals surface area contributed by atoms with Crippen molar-refractivity contribution >= 4 is 16.3 Å². The van der Waals surface area contributed by atoms with Crippen LogP contribution < -0.4 is 0 Å². The Morgan fingerprint density at radius 3 is 3.29 bits per heavy atom. The molecule has 3 aromatic rings. The lowest BCUT2D eigenvalue weighted by Crippen LogP contribution is -2.34. The Morgan fingerprint density at radius 1 is 1.48 bits per heavy atom. The summed E-state index contributed by atoms with van der Waals surface area (Å²) in [5.74, 6) is 0.576. The summed E-state index contributed by atoms with van der Waals surface area (Å²) in [6.07, 6.45) is 6.47. The zero-order valence-electron chi connectivity index (χ0n) is 12.1. The van der Waals surface area contributed by atoms with Crippen molar-refractivity contribution in [3.63, 3.8) is 0 Å². The molecule has 1 aliphatic rings. The van der Waals surface area contributed by atoms with Gasteiger partial charge in [-0.1, -0.05) is 0 Å². The second kappa shape index (κ2) is 5.27. The number of hydrogen-bond donors (Lipinski definition) is 1. The summed E-state index contributed by atoms with van der Waals surface area (Å²) in [6.45, 7) is 5.36. The molecule has 0 aliphatic carbocycles. The van der Waals surface area contributed by atoms with Gasteiger partial charge in [-0.3, -0.25) is 14.4 Å². The fourth-order valence-corrected chi connectivity index (χ4v) is 4.07. The van der Waals surface area contributed by atoms with E-state index in [4.69, 9.17) is 0 Å². The molecule has 5 nitrogen and oxygen atoms in total. The van der Waals surface area contributed by atoms with E-state index >= 15 is 0 Å². The number of piperidine rings is 1. The highest BCUT2D eigenvalue weighted by molar-refractivity contribution is 7.15. The number of hydrogen-bond acceptors (Lipinski definition) is 4. The molecule has 1 atom stereocenters. The van der Waals surface area contributed by atoms with Gasteiger partial charge >= 0.3 is 0 Å². The smallest absolute Gasteiger partial charge is 0.194 e. The van der Waals surface area contributed by atoms with E-state index in [1.54, 1.807) is 11.3 Å². The van der Waals surface area contributed by atoms with Crippen LogP contribution in [0.15, 0.2) is 23.8 Å². The molecule has 1 saturated heterocycles. The molecule has 0 spiro atoms. The van der Waals surface area contributed by atoms with Crippen LogP contribution in [0.3, 0.4) is 0 Å². The quantitative estimate of drug-likeness (QED) is 0.809. The van der Waals surface area contributed by atoms with E-state index in [1.807, 2.05) is 6.20 Å². The van der Waals surface area contributed by atoms with Gasteiger partial charge in [-0.05, 0) is 32.4 Å². The van der Waals surface area contributed by atoms with Crippen molar-refractivity contribution in [1.29, 1.82) is 0 Å². The minimum absolute atomic E-state index is 0.576. The second-order valence-corrected chi connectivity index (χ2v) is 6.66. The highest BCUT2D eigenvalue weighted by Gasteiger charge is 2.23. The largest absolute Gasteiger partial charge is 0.297 e. The van der Waals surface area contributed by atoms with E-state index in [0.717, 1.165) is 23.7 Å². The van der Waals surface area contributed by atoms with Crippen molar-refractivity contribution < 1.29 is 0 Å². The Balaban J connectivity index is 1.54. The summed E-state index contributed by atoms with van der Waals surface area (Å²) >= 11 is 1.70. The zero-order valence-corrected chi connectivity index (χ0v) is 12.9. The molecular formula is C15H19N5S. The fourth-order valence-electron chi connectivity index (χ4n) is 3.29. The van der Waals surface area contributed by atoms with Crippen LogP contribution >= 0.6 is 11.3 Å². The molecule has 6 heteroatoms. The molecule has 21 heavy (non-hydrogen) atoms. The van der Waals surface area contributed by atoms with Crippen LogP contribution in [0.1, 0.15) is 35.8 Å². The summed E-state index contributed by atoms with van der Waals surface area (Å²) in [5.41, 5.74) is 3.76. The number of nitrogens with zero attached hydrogens (tertiary/aromatic N) is 4. The molecule has 3 aromatic heterocycles. The number of imidazole rings is 1. The lowest BCUT2D eigenvalue weighted by atomic mass is 9.95. The topological polar surface area (TPSA) is 49.2 Å². The van der Waals surface area contributed by atoms with Gasteiger partial charge in [-0.15, -0.1) is 11.3 Å². The monoisotopic (exact) mass is 301 g/mol. The molecule has 0 aromatic carbocycles. The summed E-state index contributed by atoms with van der Waals surface area (Å²) in [5, 5.41) is 9.33. The Morgan fingerprint density at radius 2 is 2.43 bits per heavy atom. The maximum Gasteiger partial charge on any atom is 0.194 e. The molecule has 0 radical (unpaired) electrons. The first-order valence-electron chi connectivity index (χ1n) is 7.44. The van der Waals surface area contributed by atoms with E-state index in [9.17, 15) is 0 Å². The van der Waals surface area contributed by atoms with E-state index < -0.39 is 0 Å². The summed E-state index contributed by atoms with van der Waals surface area (Å²) in [4.78, 5) is 8.29. The van der Waals surface area contributed by atoms with Crippen LogP contribution in [0.5, 0.6) is 0 Å². The highest BCUT2D eigenvalue weighted by atomic mass is 32.1. The third-order valence-corrected chi connectivity index (χ3v) is 5.16. The summed E-state index contributed by atoms with van der Waals surface area (Å²) < 4.78 is 2.24. The molecule has 0 bridgehead atoms. The SMILES string of the molecule is Cc1nc2sccn2c1CN1CCC[C@H](c2ccn[nH]2)C1. The Hall–Kier alpha value is -1.66. The number of aryl methyl sites for hydroxylation is 1. The average molecular weight is 301 g/mol. The van der Waals surface area contributed by atoms with Crippen molar-refractivity contribution in [1.82, 2.24) is 24.5 Å². The van der Waals surface area contributed by atoms with Gasteiger partial charge in [-0.2, -0.15) is 5.10 Å². The van der Waals surface area contributed by atoms with Crippen molar-refractivity contribution in [3.8, 4) is 0 Å². The summed E-state index contributed by atoms with van der Waals surface area (Å²) in [7, 11) is 0. The van der Waals surface area contributed by atoms with Crippen LogP contribution in [0, 0.1) is 6.92 Å². The number of aromatic amines is 1. The average Bonchev–Trinajstić information content (AvgIpc) is 3.20. The highest BCUT2D eigenvalue weighted by Crippen LogP contribution is 2.27. The van der Waals surface area contributed by atoms with Gasteiger partial charge in [0.1, 0.15) is 0 Å². The van der Waals surface area contributed by atoms with Crippen LogP contribution in [0.25, 0.3) is 4.96 Å². The molecular weight excluding hydrogens is 282 g/mol. The van der Waals surface area contributed by atoms with E-state index in [-0.39, 0.29) is 0 Å². The molecule has 1 N–H and O–H groups in total. The first-order valence-corrected chi connectivity index (χ1v) is 8.32. The fraction of sp³-hybridized carbons (Fsp3) is 0.467. The zero-order chi connectivity index (χ0) is 14.2. The number of likely N-dealkylation sites (tertiary alicyclic amines) is 1. The number of aromatic nitrogens is 4. The van der Waals surface area contributed by atoms with Crippen molar-refractivity contribution in [2.24, 2.45) is 0 Å². The number of thiazole rings is 1. The third kappa shape index (κ3) is 2.38. The van der Waals surface area contributed by atoms with E-state index in [2.05, 4.69) is 49.0 Å². The molecule has 1 fully saturated rings. The van der Waals surface area contributed by atoms with Gasteiger partial charge in [0.05, 0.1) is 11.4 Å². The summed E-state index contributed by atoms with van der Waals surface area (Å²) in [6, 6.07) is 2.11. The number of H-pyrrole nitrogens is 1. The molecule has 0 unspecified atom stereocenters. The first-order chi connectivity index (χ1) is 10.3. The molecule has 0 saturated carbocycles. The lowest BCUT2D eigenvalue weighted by molar-refractivity contribution is 0.195. The maximum absolute atomic E-state index is 4.65. The van der Waals surface area contributed by atoms with Gasteiger partial charge < -0.3 is 0 Å². The lowest BCUT2D eigenvalue weighted by Gasteiger charge is -2.32. The van der Waals surface area contributed by atoms with Crippen molar-refractivity contribution in [3.05, 3.63) is 40.9 Å². The number of fused-ring (bicyclic) bond motifs is 1. The Bertz CT molecular complexity index is 727. The standard InChI is InChI=1S/C15H19N5S/c1-11-14(20-7-8-21-15(20)17-11)10-19-6-2-3-12(9-19)13-4-5-16-18-13/h4-5,7-8,12H,2-3,6,9-10H2,1H3,(H,16,18)/t12-/m0/s1. The minimum Gasteiger partial charge on any atom is -0.297 e. The Kier molecular flexibility index (Phi) is 3.27. The third-order valence-electron chi connectivity index (χ3n) is 4.40. The van der Waals surface area contributed by atoms with Crippen molar-refractivity contribution in [2.75, 3.05) is 13.1 Å². The first kappa shape index (κ1) is 13.0. The van der Waals surface area contributed by atoms with E-state index in [1.165, 1.54) is 30.8 Å². The predicted molar refractivity (Wildman–Crippen MR) is 83.6 cm³/mol. The van der Waals surface area contributed by atoms with Crippen molar-refractivity contribution in [2.45, 2.75) is 32.2 Å². The van der Waals surface area contributed by atoms with Gasteiger partial charge in [0.15, 0.2) is 4.96 Å². The minimum atomic E-state index is 0.576. The number of rotatable bonds is 3. The van der Waals surface area contributed by atoms with Gasteiger partial charge in [-0.25, -0.2) is 4.98 Å². The Labute approximate surface area is 127 Å². The maximum atomic E-state index is 4.65.